The predicted molar refractivity (Wildman–Crippen MR) is 241 cm³/mol. The van der Waals surface area contributed by atoms with Gasteiger partial charge in [0.15, 0.2) is 0 Å². The molecule has 282 valence electrons. The number of rotatable bonds is 8. The maximum atomic E-state index is 11.7. The fourth-order valence-electron chi connectivity index (χ4n) is 8.09. The Morgan fingerprint density at radius 1 is 0.534 bits per heavy atom. The van der Waals surface area contributed by atoms with Gasteiger partial charge in [0, 0.05) is 24.4 Å². The first-order chi connectivity index (χ1) is 28.5. The fourth-order valence-corrected chi connectivity index (χ4v) is 8.09. The number of hydrogen-bond acceptors (Lipinski definition) is 3. The summed E-state index contributed by atoms with van der Waals surface area (Å²) in [5.74, 6) is 0.234. The lowest BCUT2D eigenvalue weighted by molar-refractivity contribution is 0.472. The van der Waals surface area contributed by atoms with Crippen LogP contribution in [-0.4, -0.2) is 19.6 Å². The number of para-hydroxylation sites is 1. The van der Waals surface area contributed by atoms with Crippen molar-refractivity contribution >= 4 is 11.0 Å². The van der Waals surface area contributed by atoms with Crippen LogP contribution in [0.4, 0.5) is 0 Å². The summed E-state index contributed by atoms with van der Waals surface area (Å²) in [5.41, 5.74) is 17.8. The number of aromatic nitrogens is 3. The van der Waals surface area contributed by atoms with E-state index in [1.165, 1.54) is 0 Å². The molecule has 9 rings (SSSR count). The van der Waals surface area contributed by atoms with E-state index in [1.54, 1.807) is 0 Å². The molecule has 0 atom stereocenters. The van der Waals surface area contributed by atoms with Gasteiger partial charge in [0.05, 0.1) is 22.3 Å². The molecule has 0 fully saturated rings. The third kappa shape index (κ3) is 6.99. The van der Waals surface area contributed by atoms with Crippen LogP contribution in [0.15, 0.2) is 170 Å². The Hall–Kier alpha value is -7.04. The summed E-state index contributed by atoms with van der Waals surface area (Å²) in [7, 11) is 0. The minimum Gasteiger partial charge on any atom is -0.507 e. The average Bonchev–Trinajstić information content (AvgIpc) is 3.65. The topological polar surface area (TPSA) is 50.9 Å². The van der Waals surface area contributed by atoms with Crippen molar-refractivity contribution in [1.82, 2.24) is 14.5 Å². The van der Waals surface area contributed by atoms with Crippen molar-refractivity contribution < 1.29 is 6.48 Å². The van der Waals surface area contributed by atoms with Crippen LogP contribution < -0.4 is 0 Å². The summed E-state index contributed by atoms with van der Waals surface area (Å²) >= 11 is 0. The number of imidazole rings is 1. The van der Waals surface area contributed by atoms with Gasteiger partial charge >= 0.3 is 0 Å². The molecule has 4 nitrogen and oxygen atoms in total. The van der Waals surface area contributed by atoms with E-state index < -0.39 is 5.89 Å². The van der Waals surface area contributed by atoms with Gasteiger partial charge in [0.25, 0.3) is 0 Å². The van der Waals surface area contributed by atoms with Crippen molar-refractivity contribution in [3.63, 3.8) is 0 Å². The van der Waals surface area contributed by atoms with E-state index in [0.29, 0.717) is 11.4 Å². The molecule has 0 saturated heterocycles. The Balaban J connectivity index is 1.26. The first kappa shape index (κ1) is 35.4. The Kier molecular flexibility index (Phi) is 9.23. The largest absolute Gasteiger partial charge is 0.507 e. The molecule has 1 N–H and O–H groups in total. The quantitative estimate of drug-likeness (QED) is 0.168. The second-order valence-corrected chi connectivity index (χ2v) is 15.5. The van der Waals surface area contributed by atoms with Crippen LogP contribution in [0.2, 0.25) is 0 Å². The molecule has 0 unspecified atom stereocenters. The number of aryl methyl sites for hydroxylation is 3. The van der Waals surface area contributed by atoms with Crippen molar-refractivity contribution in [1.29, 1.82) is 0 Å². The summed E-state index contributed by atoms with van der Waals surface area (Å²) in [4.78, 5) is 10.4. The molecule has 7 aromatic carbocycles. The van der Waals surface area contributed by atoms with Gasteiger partial charge in [-0.25, -0.2) is 4.98 Å². The number of pyridine rings is 1. The predicted octanol–water partition coefficient (Wildman–Crippen LogP) is 14.2. The van der Waals surface area contributed by atoms with E-state index in [-0.39, 0.29) is 5.75 Å². The Bertz CT molecular complexity index is 3000. The van der Waals surface area contributed by atoms with Gasteiger partial charge in [-0.3, -0.25) is 9.55 Å². The molecule has 0 aliphatic carbocycles. The number of nitrogens with zero attached hydrogens (tertiary/aromatic N) is 3. The molecule has 2 heterocycles. The number of benzene rings is 7. The van der Waals surface area contributed by atoms with Crippen LogP contribution in [0.25, 0.3) is 83.9 Å². The molecule has 0 spiro atoms. The SMILES string of the molecule is [2H]C(C)(C)c1ccc(-c2ccnc(-c3cc(-c4ccccc4)cc(-c4cccc5c4nc(-c4cc(C)cc(C)c4O)n5-c4cc(C)cc(-c5ccccc5)c4)c3)c2)cc1. The van der Waals surface area contributed by atoms with Crippen molar-refractivity contribution in [2.24, 2.45) is 0 Å². The molecular weight excluding hydrogens is 707 g/mol. The summed E-state index contributed by atoms with van der Waals surface area (Å²) in [6, 6.07) is 57.1. The van der Waals surface area contributed by atoms with Crippen LogP contribution in [-0.2, 0) is 0 Å². The Labute approximate surface area is 342 Å². The zero-order chi connectivity index (χ0) is 40.8. The van der Waals surface area contributed by atoms with Gasteiger partial charge in [-0.05, 0) is 142 Å². The number of phenolic OH excluding ortho intramolecular Hbond substituents is 1. The lowest BCUT2D eigenvalue weighted by atomic mass is 9.93. The molecule has 9 aromatic rings. The fraction of sp³-hybridized carbons (Fsp3) is 0.111. The minimum absolute atomic E-state index is 0.224. The molecule has 0 aliphatic rings. The number of fused-ring (bicyclic) bond motifs is 1. The van der Waals surface area contributed by atoms with E-state index in [2.05, 4.69) is 140 Å². The second-order valence-electron chi connectivity index (χ2n) is 15.5. The highest BCUT2D eigenvalue weighted by Crippen LogP contribution is 2.41. The van der Waals surface area contributed by atoms with Gasteiger partial charge in [0.2, 0.25) is 0 Å². The van der Waals surface area contributed by atoms with Crippen LogP contribution in [0.1, 0.15) is 43.4 Å². The van der Waals surface area contributed by atoms with Crippen LogP contribution in [0.3, 0.4) is 0 Å². The minimum atomic E-state index is -0.666. The van der Waals surface area contributed by atoms with Crippen LogP contribution in [0.5, 0.6) is 5.75 Å². The first-order valence-electron chi connectivity index (χ1n) is 20.3. The second kappa shape index (κ2) is 15.1. The van der Waals surface area contributed by atoms with Gasteiger partial charge < -0.3 is 5.11 Å². The third-order valence-corrected chi connectivity index (χ3v) is 11.0. The number of phenols is 1. The average molecular weight is 753 g/mol. The van der Waals surface area contributed by atoms with E-state index in [4.69, 9.17) is 11.3 Å². The van der Waals surface area contributed by atoms with E-state index in [1.807, 2.05) is 69.4 Å². The van der Waals surface area contributed by atoms with Gasteiger partial charge in [-0.1, -0.05) is 123 Å². The maximum absolute atomic E-state index is 11.7. The zero-order valence-electron chi connectivity index (χ0n) is 34.5. The third-order valence-electron chi connectivity index (χ3n) is 11.0. The Morgan fingerprint density at radius 3 is 1.88 bits per heavy atom. The highest BCUT2D eigenvalue weighted by molar-refractivity contribution is 5.98. The van der Waals surface area contributed by atoms with E-state index in [0.717, 1.165) is 94.7 Å². The molecule has 0 bridgehead atoms. The molecule has 0 aliphatic heterocycles. The summed E-state index contributed by atoms with van der Waals surface area (Å²) < 4.78 is 10.7. The molecule has 0 amide bonds. The zero-order valence-corrected chi connectivity index (χ0v) is 33.5. The first-order valence-corrected chi connectivity index (χ1v) is 19.8. The molecule has 0 saturated carbocycles. The standard InChI is InChI=1S/C54H45N3O/c1-34(2)38-19-21-41(22-20-38)42-23-24-55-50(33-42)46-30-44(40-15-10-7-11-16-40)29-45(31-46)48-17-12-18-51-52(48)56-54(49-28-35(3)25-37(5)53(49)58)57(51)47-27-36(4)26-43(32-47)39-13-8-6-9-14-39/h6-34,58H,1-5H3/i34D. The van der Waals surface area contributed by atoms with Crippen molar-refractivity contribution in [2.45, 2.75) is 40.5 Å². The lowest BCUT2D eigenvalue weighted by Crippen LogP contribution is -2.00. The van der Waals surface area contributed by atoms with Gasteiger partial charge in [0.1, 0.15) is 11.6 Å². The summed E-state index contributed by atoms with van der Waals surface area (Å²) in [6.07, 6.45) is 1.87. The van der Waals surface area contributed by atoms with E-state index >= 15 is 0 Å². The molecule has 58 heavy (non-hydrogen) atoms. The number of aromatic hydroxyl groups is 1. The molecule has 2 aromatic heterocycles. The van der Waals surface area contributed by atoms with Gasteiger partial charge in [-0.15, -0.1) is 0 Å². The molecular formula is C54H45N3O. The van der Waals surface area contributed by atoms with Crippen molar-refractivity contribution in [3.8, 4) is 78.6 Å². The number of hydrogen-bond donors (Lipinski definition) is 1. The lowest BCUT2D eigenvalue weighted by Gasteiger charge is -2.15. The van der Waals surface area contributed by atoms with Crippen LogP contribution in [0, 0.1) is 20.8 Å². The van der Waals surface area contributed by atoms with Gasteiger partial charge in [-0.2, -0.15) is 0 Å². The molecule has 4 heteroatoms. The monoisotopic (exact) mass is 752 g/mol. The van der Waals surface area contributed by atoms with Crippen molar-refractivity contribution in [2.75, 3.05) is 0 Å². The summed E-state index contributed by atoms with van der Waals surface area (Å²) in [5, 5.41) is 11.7. The Morgan fingerprint density at radius 2 is 1.17 bits per heavy atom. The van der Waals surface area contributed by atoms with Crippen molar-refractivity contribution in [3.05, 3.63) is 192 Å². The normalized spacial score (nSPS) is 11.8. The molecule has 0 radical (unpaired) electrons. The maximum Gasteiger partial charge on any atom is 0.149 e. The van der Waals surface area contributed by atoms with Crippen LogP contribution >= 0.6 is 0 Å². The highest BCUT2D eigenvalue weighted by atomic mass is 16.3. The smallest absolute Gasteiger partial charge is 0.149 e. The van der Waals surface area contributed by atoms with E-state index in [9.17, 15) is 5.11 Å². The highest BCUT2D eigenvalue weighted by Gasteiger charge is 2.22. The summed E-state index contributed by atoms with van der Waals surface area (Å²) in [6.45, 7) is 9.95.